The van der Waals surface area contributed by atoms with Crippen molar-refractivity contribution in [3.63, 3.8) is 0 Å². The van der Waals surface area contributed by atoms with Gasteiger partial charge in [0.2, 0.25) is 0 Å². The van der Waals surface area contributed by atoms with E-state index in [-0.39, 0.29) is 5.78 Å². The molecule has 0 amide bonds. The molecule has 0 aliphatic carbocycles. The zero-order valence-corrected chi connectivity index (χ0v) is 29.2. The van der Waals surface area contributed by atoms with Crippen molar-refractivity contribution in [3.05, 3.63) is 167 Å². The smallest absolute Gasteiger partial charge is 0.152 e. The third kappa shape index (κ3) is 26.9. The summed E-state index contributed by atoms with van der Waals surface area (Å²) in [6, 6.07) is 0. The summed E-state index contributed by atoms with van der Waals surface area (Å²) in [5, 5.41) is 0. The fourth-order valence-corrected chi connectivity index (χ4v) is 3.55. The Bertz CT molecular complexity index is 1300. The van der Waals surface area contributed by atoms with Gasteiger partial charge in [0.05, 0.1) is 0 Å². The second kappa shape index (κ2) is 25.5. The van der Waals surface area contributed by atoms with E-state index in [9.17, 15) is 4.79 Å². The predicted octanol–water partition coefficient (Wildman–Crippen LogP) is 12.9. The van der Waals surface area contributed by atoms with Gasteiger partial charge in [-0.3, -0.25) is 4.79 Å². The Morgan fingerprint density at radius 3 is 1.52 bits per heavy atom. The number of ketones is 1. The Morgan fingerprint density at radius 2 is 1.00 bits per heavy atom. The minimum absolute atomic E-state index is 0.0252. The van der Waals surface area contributed by atoms with Gasteiger partial charge in [0.15, 0.2) is 5.78 Å². The summed E-state index contributed by atoms with van der Waals surface area (Å²) < 4.78 is 0. The molecule has 0 bridgehead atoms. The van der Waals surface area contributed by atoms with E-state index in [2.05, 4.69) is 147 Å². The van der Waals surface area contributed by atoms with Crippen molar-refractivity contribution in [1.82, 2.24) is 0 Å². The quantitative estimate of drug-likeness (QED) is 0.0881. The summed E-state index contributed by atoms with van der Waals surface area (Å²) in [4.78, 5) is 11.5. The van der Waals surface area contributed by atoms with Gasteiger partial charge in [-0.25, -0.2) is 0 Å². The van der Waals surface area contributed by atoms with Gasteiger partial charge in [0, 0.05) is 0 Å². The summed E-state index contributed by atoms with van der Waals surface area (Å²) in [6.45, 7) is 20.9. The van der Waals surface area contributed by atoms with Crippen molar-refractivity contribution < 1.29 is 4.79 Å². The first-order chi connectivity index (χ1) is 20.9. The van der Waals surface area contributed by atoms with Crippen LogP contribution in [0.1, 0.15) is 88.5 Å². The lowest BCUT2D eigenvalue weighted by Crippen LogP contribution is -1.81. The molecule has 0 radical (unpaired) electrons. The molecule has 0 heterocycles. The van der Waals surface area contributed by atoms with Crippen LogP contribution in [0.4, 0.5) is 0 Å². The molecule has 0 saturated heterocycles. The zero-order valence-electron chi connectivity index (χ0n) is 29.2. The molecule has 0 aromatic heterocycles. The molecule has 0 N–H and O–H groups in total. The van der Waals surface area contributed by atoms with E-state index in [1.807, 2.05) is 36.5 Å². The Hall–Kier alpha value is -3.97. The van der Waals surface area contributed by atoms with Crippen LogP contribution in [0, 0.1) is 5.92 Å². The van der Waals surface area contributed by atoms with Crippen LogP contribution in [0.15, 0.2) is 167 Å². The van der Waals surface area contributed by atoms with E-state index in [1.165, 1.54) is 22.3 Å². The average molecular weight is 591 g/mol. The highest BCUT2D eigenvalue weighted by Crippen LogP contribution is 2.09. The zero-order chi connectivity index (χ0) is 33.2. The van der Waals surface area contributed by atoms with Gasteiger partial charge in [-0.05, 0) is 92.2 Å². The maximum atomic E-state index is 11.5. The van der Waals surface area contributed by atoms with Crippen molar-refractivity contribution in [2.24, 2.45) is 5.92 Å². The van der Waals surface area contributed by atoms with Crippen LogP contribution in [0.3, 0.4) is 0 Å². The Kier molecular flexibility index (Phi) is 23.2. The normalized spacial score (nSPS) is 15.3. The molecule has 0 fully saturated rings. The topological polar surface area (TPSA) is 17.1 Å². The Morgan fingerprint density at radius 1 is 0.523 bits per heavy atom. The second-order valence-electron chi connectivity index (χ2n) is 11.9. The van der Waals surface area contributed by atoms with Crippen LogP contribution < -0.4 is 0 Å². The highest BCUT2D eigenvalue weighted by Gasteiger charge is 1.90. The number of hydrogen-bond acceptors (Lipinski definition) is 1. The lowest BCUT2D eigenvalue weighted by atomic mass is 10.1. The number of rotatable bonds is 18. The largest absolute Gasteiger partial charge is 0.295 e. The summed E-state index contributed by atoms with van der Waals surface area (Å²) in [7, 11) is 0. The lowest BCUT2D eigenvalue weighted by molar-refractivity contribution is -0.112. The SMILES string of the molecule is CC(=O)C=CC(C=CC=C(C)C=CC=C(C)C=CCC(C)C)=CC=CC=C(C)C=CC=C(C)C=CC=C(C)CCC=C(C)C. The van der Waals surface area contributed by atoms with Gasteiger partial charge in [-0.2, -0.15) is 0 Å². The van der Waals surface area contributed by atoms with Crippen LogP contribution in [0.2, 0.25) is 0 Å². The van der Waals surface area contributed by atoms with Crippen LogP contribution in [0.25, 0.3) is 0 Å². The monoisotopic (exact) mass is 590 g/mol. The standard InChI is InChI=1S/C43H58O/c1-35(2)19-13-22-38(6)25-16-28-40(8)27-15-24-37(5)21-11-12-31-43(34-33-42(10)44)32-18-30-41(9)29-17-26-39(7)23-14-20-36(3)4/h11-12,14-19,21,23-34,36H,13,20,22H2,1-10H3. The van der Waals surface area contributed by atoms with E-state index < -0.39 is 0 Å². The molecule has 0 aromatic rings. The van der Waals surface area contributed by atoms with Gasteiger partial charge < -0.3 is 0 Å². The summed E-state index contributed by atoms with van der Waals surface area (Å²) >= 11 is 0. The van der Waals surface area contributed by atoms with Gasteiger partial charge in [0.25, 0.3) is 0 Å². The van der Waals surface area contributed by atoms with Crippen molar-refractivity contribution in [1.29, 1.82) is 0 Å². The second-order valence-corrected chi connectivity index (χ2v) is 11.9. The first-order valence-corrected chi connectivity index (χ1v) is 15.8. The molecule has 1 nitrogen and oxygen atoms in total. The molecular weight excluding hydrogens is 532 g/mol. The van der Waals surface area contributed by atoms with Crippen molar-refractivity contribution in [2.45, 2.75) is 88.5 Å². The lowest BCUT2D eigenvalue weighted by Gasteiger charge is -1.96. The van der Waals surface area contributed by atoms with Crippen LogP contribution in [0.5, 0.6) is 0 Å². The maximum absolute atomic E-state index is 11.5. The highest BCUT2D eigenvalue weighted by molar-refractivity contribution is 5.87. The fourth-order valence-electron chi connectivity index (χ4n) is 3.55. The van der Waals surface area contributed by atoms with Gasteiger partial charge in [-0.1, -0.05) is 169 Å². The number of carbonyl (C=O) groups excluding carboxylic acids is 1. The fraction of sp³-hybridized carbons (Fsp3) is 0.326. The minimum Gasteiger partial charge on any atom is -0.295 e. The molecule has 0 atom stereocenters. The van der Waals surface area contributed by atoms with Crippen molar-refractivity contribution >= 4 is 5.78 Å². The first kappa shape index (κ1) is 40.0. The van der Waals surface area contributed by atoms with E-state index >= 15 is 0 Å². The molecule has 0 aromatic carbocycles. The van der Waals surface area contributed by atoms with Crippen molar-refractivity contribution in [2.75, 3.05) is 0 Å². The van der Waals surface area contributed by atoms with Crippen LogP contribution in [-0.2, 0) is 4.79 Å². The van der Waals surface area contributed by atoms with Gasteiger partial charge >= 0.3 is 0 Å². The third-order valence-corrected chi connectivity index (χ3v) is 6.17. The number of hydrogen-bond donors (Lipinski definition) is 0. The van der Waals surface area contributed by atoms with Crippen molar-refractivity contribution in [3.8, 4) is 0 Å². The van der Waals surface area contributed by atoms with Gasteiger partial charge in [0.1, 0.15) is 0 Å². The molecule has 0 saturated carbocycles. The molecule has 1 heteroatoms. The van der Waals surface area contributed by atoms with E-state index in [1.54, 1.807) is 13.0 Å². The number of carbonyl (C=O) groups is 1. The molecule has 0 aliphatic heterocycles. The Labute approximate surface area is 271 Å². The molecule has 0 rings (SSSR count). The third-order valence-electron chi connectivity index (χ3n) is 6.17. The molecule has 236 valence electrons. The van der Waals surface area contributed by atoms with E-state index in [0.29, 0.717) is 5.92 Å². The van der Waals surface area contributed by atoms with E-state index in [4.69, 9.17) is 0 Å². The summed E-state index contributed by atoms with van der Waals surface area (Å²) in [6.07, 6.45) is 46.6. The van der Waals surface area contributed by atoms with Crippen LogP contribution >= 0.6 is 0 Å². The minimum atomic E-state index is 0.0252. The first-order valence-electron chi connectivity index (χ1n) is 15.8. The molecule has 0 aliphatic rings. The molecule has 44 heavy (non-hydrogen) atoms. The van der Waals surface area contributed by atoms with Gasteiger partial charge in [-0.15, -0.1) is 0 Å². The van der Waals surface area contributed by atoms with Crippen LogP contribution in [-0.4, -0.2) is 5.78 Å². The highest BCUT2D eigenvalue weighted by atomic mass is 16.1. The Balaban J connectivity index is 5.24. The summed E-state index contributed by atoms with van der Waals surface area (Å²) in [5.41, 5.74) is 8.45. The molecule has 0 spiro atoms. The molecular formula is C43H58O. The average Bonchev–Trinajstić information content (AvgIpc) is 2.93. The summed E-state index contributed by atoms with van der Waals surface area (Å²) in [5.74, 6) is 0.705. The predicted molar refractivity (Wildman–Crippen MR) is 200 cm³/mol. The maximum Gasteiger partial charge on any atom is 0.152 e. The van der Waals surface area contributed by atoms with E-state index in [0.717, 1.165) is 36.0 Å². The number of allylic oxidation sites excluding steroid dienone is 28. The molecule has 0 unspecified atom stereocenters.